The highest BCUT2D eigenvalue weighted by atomic mass is 16.3. The lowest BCUT2D eigenvalue weighted by atomic mass is 9.89. The number of rotatable bonds is 12. The monoisotopic (exact) mass is 1590 g/mol. The van der Waals surface area contributed by atoms with Crippen LogP contribution in [0.15, 0.2) is 466 Å². The molecule has 0 amide bonds. The highest BCUT2D eigenvalue weighted by molar-refractivity contribution is 6.31. The number of pyridine rings is 3. The van der Waals surface area contributed by atoms with Gasteiger partial charge in [-0.25, -0.2) is 15.0 Å². The summed E-state index contributed by atoms with van der Waals surface area (Å²) in [7, 11) is 0. The Bertz CT molecular complexity index is 7820. The number of fused-ring (bicyclic) bond motifs is 16. The van der Waals surface area contributed by atoms with Crippen molar-refractivity contribution >= 4 is 97.3 Å². The smallest absolute Gasteiger partial charge is 0.164 e. The lowest BCUT2D eigenvalue weighted by Crippen LogP contribution is -2.00. The Balaban J connectivity index is 0.000000111. The third kappa shape index (κ3) is 14.6. The Morgan fingerprint density at radius 2 is 0.456 bits per heavy atom. The number of nitrogens with zero attached hydrogens (tertiary/aromatic N) is 6. The average Bonchev–Trinajstić information content (AvgIpc) is 1.53. The van der Waals surface area contributed by atoms with Crippen LogP contribution in [0.1, 0.15) is 0 Å². The van der Waals surface area contributed by atoms with Crippen molar-refractivity contribution in [3.8, 4) is 134 Å². The molecule has 5 aromatic heterocycles. The van der Waals surface area contributed by atoms with Crippen LogP contribution in [0.5, 0.6) is 0 Å². The highest BCUT2D eigenvalue weighted by Gasteiger charge is 2.21. The topological polar surface area (TPSA) is 90.5 Å². The summed E-state index contributed by atoms with van der Waals surface area (Å²) in [6, 6.07) is 151. The van der Waals surface area contributed by atoms with Crippen LogP contribution in [0.3, 0.4) is 0 Å². The van der Waals surface area contributed by atoms with Gasteiger partial charge in [-0.1, -0.05) is 328 Å². The lowest BCUT2D eigenvalue weighted by Gasteiger charge is -2.14. The van der Waals surface area contributed by atoms with E-state index in [-0.39, 0.29) is 0 Å². The molecular formula is C118H76N6O. The molecule has 7 heteroatoms. The van der Waals surface area contributed by atoms with E-state index in [0.717, 1.165) is 122 Å². The van der Waals surface area contributed by atoms with Gasteiger partial charge < -0.3 is 4.42 Å². The van der Waals surface area contributed by atoms with Gasteiger partial charge >= 0.3 is 0 Å². The number of aromatic nitrogens is 6. The van der Waals surface area contributed by atoms with E-state index in [1.165, 1.54) is 92.1 Å². The van der Waals surface area contributed by atoms with Crippen molar-refractivity contribution in [1.82, 2.24) is 29.9 Å². The van der Waals surface area contributed by atoms with Crippen LogP contribution >= 0.6 is 0 Å². The molecule has 0 radical (unpaired) electrons. The number of benzene rings is 19. The maximum Gasteiger partial charge on any atom is 0.164 e. The van der Waals surface area contributed by atoms with Crippen LogP contribution in [0.4, 0.5) is 0 Å². The summed E-state index contributed by atoms with van der Waals surface area (Å²) < 4.78 is 6.72. The summed E-state index contributed by atoms with van der Waals surface area (Å²) in [5, 5.41) is 19.8. The quantitative estimate of drug-likeness (QED) is 0.0889. The molecule has 0 atom stereocenters. The highest BCUT2D eigenvalue weighted by Crippen LogP contribution is 2.47. The van der Waals surface area contributed by atoms with Gasteiger partial charge in [-0.3, -0.25) is 15.0 Å². The van der Waals surface area contributed by atoms with Crippen molar-refractivity contribution in [1.29, 1.82) is 0 Å². The molecule has 0 unspecified atom stereocenters. The molecule has 0 fully saturated rings. The van der Waals surface area contributed by atoms with Gasteiger partial charge in [0.2, 0.25) is 0 Å². The molecule has 0 aliphatic carbocycles. The van der Waals surface area contributed by atoms with E-state index in [9.17, 15) is 0 Å². The van der Waals surface area contributed by atoms with E-state index in [4.69, 9.17) is 19.4 Å². The summed E-state index contributed by atoms with van der Waals surface area (Å²) in [6.45, 7) is 0. The van der Waals surface area contributed by atoms with Crippen LogP contribution < -0.4 is 0 Å². The zero-order chi connectivity index (χ0) is 82.9. The van der Waals surface area contributed by atoms with Crippen LogP contribution in [0.25, 0.3) is 232 Å². The van der Waals surface area contributed by atoms with E-state index in [1.807, 2.05) is 116 Å². The van der Waals surface area contributed by atoms with Gasteiger partial charge in [0.05, 0.1) is 0 Å². The Morgan fingerprint density at radius 1 is 0.160 bits per heavy atom. The molecule has 584 valence electrons. The third-order valence-electron chi connectivity index (χ3n) is 24.0. The molecule has 24 aromatic rings. The molecule has 0 saturated heterocycles. The van der Waals surface area contributed by atoms with Gasteiger partial charge in [-0.2, -0.15) is 0 Å². The SMILES string of the molecule is c1ccc(-c2ccc3c(c2)oc2c4ccc(-c5c6ccccc6cc6ccccc56)cc4c4ccccc4c32)cc1.c1ccc(-c2nc(-c3ccccc3)nc(-c3cccc(-c4ccc5c6ccccc6c6ccccc6c5c4)c3)n2)cc1.c1cncc(-c2cccc(-c3cc(-c4cccc(-c5cccnc5)c4)cc(-c4cccc(-c5cccnc5)c4)c3)c2)c1. The molecule has 0 spiro atoms. The number of furan rings is 1. The summed E-state index contributed by atoms with van der Waals surface area (Å²) in [5.74, 6) is 1.98. The Labute approximate surface area is 722 Å². The van der Waals surface area contributed by atoms with Crippen molar-refractivity contribution in [2.45, 2.75) is 0 Å². The maximum absolute atomic E-state index is 6.72. The van der Waals surface area contributed by atoms with Crippen molar-refractivity contribution in [2.24, 2.45) is 0 Å². The minimum absolute atomic E-state index is 0.654. The van der Waals surface area contributed by atoms with Gasteiger partial charge in [0.25, 0.3) is 0 Å². The summed E-state index contributed by atoms with van der Waals surface area (Å²) in [4.78, 5) is 27.7. The molecule has 24 rings (SSSR count). The first-order valence-electron chi connectivity index (χ1n) is 42.2. The van der Waals surface area contributed by atoms with Gasteiger partial charge in [0.15, 0.2) is 17.5 Å². The average molecular weight is 1590 g/mol. The predicted molar refractivity (Wildman–Crippen MR) is 521 cm³/mol. The molecule has 7 nitrogen and oxygen atoms in total. The largest absolute Gasteiger partial charge is 0.455 e. The first-order chi connectivity index (χ1) is 61.9. The molecule has 19 aromatic carbocycles. The second-order valence-electron chi connectivity index (χ2n) is 31.6. The van der Waals surface area contributed by atoms with Gasteiger partial charge in [0, 0.05) is 86.7 Å². The standard InChI is InChI=1S/C40H24O.C39H25N3.C39H27N3/c1-2-10-25(11-3-1)26-18-21-35-37(24-26)41-40-34-20-19-29(23-36(34)32-16-8-9-17-33(32)39(35)40)38-30-14-6-4-12-27(30)22-28-13-5-7-15-31(28)38;1-3-12-26(13-4-1)37-40-38(27-14-5-2-6-15-27)42-39(41-37)30-17-11-16-28(24-30)29-22-23-35-33-20-8-7-18-31(33)32-19-9-10-21-34(32)36(35)25-29;1-7-28(34-13-4-16-40-25-34)19-31(10-1)37-22-38(32-11-2-8-29(20-32)35-14-5-17-41-26-35)24-39(23-37)33-12-3-9-30(21-33)36-15-6-18-42-27-36/h1-24H;1-25H;1-27H. The minimum Gasteiger partial charge on any atom is -0.455 e. The normalized spacial score (nSPS) is 11.4. The Hall–Kier alpha value is -16.7. The van der Waals surface area contributed by atoms with Crippen LogP contribution in [0.2, 0.25) is 0 Å². The van der Waals surface area contributed by atoms with Crippen molar-refractivity contribution in [2.75, 3.05) is 0 Å². The first kappa shape index (κ1) is 74.5. The van der Waals surface area contributed by atoms with E-state index >= 15 is 0 Å². The van der Waals surface area contributed by atoms with Crippen molar-refractivity contribution < 1.29 is 4.42 Å². The van der Waals surface area contributed by atoms with Gasteiger partial charge in [-0.15, -0.1) is 0 Å². The third-order valence-corrected chi connectivity index (χ3v) is 24.0. The number of hydrogen-bond acceptors (Lipinski definition) is 7. The Morgan fingerprint density at radius 3 is 0.920 bits per heavy atom. The lowest BCUT2D eigenvalue weighted by molar-refractivity contribution is 0.673. The second-order valence-corrected chi connectivity index (χ2v) is 31.6. The second kappa shape index (κ2) is 32.8. The predicted octanol–water partition coefficient (Wildman–Crippen LogP) is 31.4. The van der Waals surface area contributed by atoms with E-state index < -0.39 is 0 Å². The van der Waals surface area contributed by atoms with E-state index in [1.54, 1.807) is 0 Å². The molecule has 0 N–H and O–H groups in total. The summed E-state index contributed by atoms with van der Waals surface area (Å²) in [6.07, 6.45) is 11.2. The van der Waals surface area contributed by atoms with Crippen LogP contribution in [-0.4, -0.2) is 29.9 Å². The van der Waals surface area contributed by atoms with Crippen molar-refractivity contribution in [3.63, 3.8) is 0 Å². The Kier molecular flexibility index (Phi) is 19.5. The summed E-state index contributed by atoms with van der Waals surface area (Å²) in [5.41, 5.74) is 25.6. The molecule has 5 heterocycles. The van der Waals surface area contributed by atoms with Gasteiger partial charge in [-0.05, 0) is 251 Å². The molecule has 0 saturated carbocycles. The zero-order valence-corrected chi connectivity index (χ0v) is 68.0. The van der Waals surface area contributed by atoms with Crippen molar-refractivity contribution in [3.05, 3.63) is 462 Å². The minimum atomic E-state index is 0.654. The fraction of sp³-hybridized carbons (Fsp3) is 0. The molecule has 0 bridgehead atoms. The first-order valence-corrected chi connectivity index (χ1v) is 42.2. The van der Waals surface area contributed by atoms with Crippen LogP contribution in [-0.2, 0) is 0 Å². The molecule has 0 aliphatic heterocycles. The summed E-state index contributed by atoms with van der Waals surface area (Å²) >= 11 is 0. The van der Waals surface area contributed by atoms with E-state index in [0.29, 0.717) is 17.5 Å². The molecule has 0 aliphatic rings. The fourth-order valence-corrected chi connectivity index (χ4v) is 18.0. The van der Waals surface area contributed by atoms with Gasteiger partial charge in [0.1, 0.15) is 11.2 Å². The van der Waals surface area contributed by atoms with E-state index in [2.05, 4.69) is 361 Å². The fourth-order valence-electron chi connectivity index (χ4n) is 18.0. The molecular weight excluding hydrogens is 1520 g/mol. The maximum atomic E-state index is 6.72. The zero-order valence-electron chi connectivity index (χ0n) is 68.0. The van der Waals surface area contributed by atoms with Crippen LogP contribution in [0, 0.1) is 0 Å². The molecule has 125 heavy (non-hydrogen) atoms. The number of hydrogen-bond donors (Lipinski definition) is 0.